The van der Waals surface area contributed by atoms with E-state index in [2.05, 4.69) is 4.98 Å². The molecule has 1 atom stereocenters. The molecule has 0 spiro atoms. The summed E-state index contributed by atoms with van der Waals surface area (Å²) in [5.74, 6) is -0.270. The van der Waals surface area contributed by atoms with Crippen LogP contribution in [0.5, 0.6) is 0 Å². The average molecular weight is 320 g/mol. The van der Waals surface area contributed by atoms with E-state index in [1.54, 1.807) is 35.5 Å². The molecule has 0 bridgehead atoms. The van der Waals surface area contributed by atoms with E-state index < -0.39 is 5.63 Å². The van der Waals surface area contributed by atoms with Crippen LogP contribution in [-0.4, -0.2) is 22.3 Å². The number of likely N-dealkylation sites (tertiary alicyclic amines) is 1. The maximum atomic E-state index is 12.9. The first-order valence-corrected chi connectivity index (χ1v) is 7.98. The van der Waals surface area contributed by atoms with Gasteiger partial charge < -0.3 is 9.32 Å². The van der Waals surface area contributed by atoms with Gasteiger partial charge in [-0.05, 0) is 42.7 Å². The minimum atomic E-state index is -0.584. The van der Waals surface area contributed by atoms with Crippen LogP contribution in [0.25, 0.3) is 11.0 Å². The number of para-hydroxylation sites is 1. The van der Waals surface area contributed by atoms with Gasteiger partial charge in [-0.2, -0.15) is 0 Å². The lowest BCUT2D eigenvalue weighted by Crippen LogP contribution is -2.33. The highest BCUT2D eigenvalue weighted by molar-refractivity contribution is 5.97. The summed E-state index contributed by atoms with van der Waals surface area (Å²) in [6.07, 6.45) is 5.24. The Morgan fingerprint density at radius 1 is 1.17 bits per heavy atom. The molecular weight excluding hydrogens is 304 g/mol. The Bertz CT molecular complexity index is 949. The molecule has 1 amide bonds. The number of amides is 1. The third-order valence-corrected chi connectivity index (χ3v) is 4.48. The van der Waals surface area contributed by atoms with Crippen molar-refractivity contribution >= 4 is 16.9 Å². The number of carbonyl (C=O) groups is 1. The molecule has 4 rings (SSSR count). The largest absolute Gasteiger partial charge is 0.422 e. The molecule has 3 aromatic rings. The van der Waals surface area contributed by atoms with Crippen molar-refractivity contribution in [1.82, 2.24) is 9.88 Å². The predicted molar refractivity (Wildman–Crippen MR) is 89.7 cm³/mol. The lowest BCUT2D eigenvalue weighted by Gasteiger charge is -2.24. The van der Waals surface area contributed by atoms with Gasteiger partial charge in [-0.3, -0.25) is 9.78 Å². The minimum absolute atomic E-state index is 0.0219. The van der Waals surface area contributed by atoms with Gasteiger partial charge in [-0.25, -0.2) is 4.79 Å². The van der Waals surface area contributed by atoms with E-state index in [4.69, 9.17) is 4.42 Å². The number of pyridine rings is 1. The van der Waals surface area contributed by atoms with Crippen LogP contribution in [-0.2, 0) is 0 Å². The fourth-order valence-corrected chi connectivity index (χ4v) is 3.31. The molecule has 120 valence electrons. The van der Waals surface area contributed by atoms with Crippen LogP contribution in [0.2, 0.25) is 0 Å². The summed E-state index contributed by atoms with van der Waals surface area (Å²) >= 11 is 0. The molecule has 0 aliphatic carbocycles. The van der Waals surface area contributed by atoms with Gasteiger partial charge in [0, 0.05) is 24.3 Å². The highest BCUT2D eigenvalue weighted by atomic mass is 16.4. The smallest absolute Gasteiger partial charge is 0.349 e. The fourth-order valence-electron chi connectivity index (χ4n) is 3.31. The second-order valence-corrected chi connectivity index (χ2v) is 5.92. The van der Waals surface area contributed by atoms with Gasteiger partial charge in [-0.15, -0.1) is 0 Å². The van der Waals surface area contributed by atoms with E-state index in [9.17, 15) is 9.59 Å². The number of benzene rings is 1. The SMILES string of the molecule is O=C(c1cc2ccccc2oc1=O)N1CCC[C@@H]1c1ccncc1. The second kappa shape index (κ2) is 5.92. The number of carbonyl (C=O) groups excluding carboxylic acids is 1. The minimum Gasteiger partial charge on any atom is -0.422 e. The molecule has 3 heterocycles. The van der Waals surface area contributed by atoms with Crippen LogP contribution in [0, 0.1) is 0 Å². The Balaban J connectivity index is 1.73. The maximum absolute atomic E-state index is 12.9. The van der Waals surface area contributed by atoms with Crippen molar-refractivity contribution in [2.75, 3.05) is 6.54 Å². The molecule has 1 aliphatic heterocycles. The zero-order valence-corrected chi connectivity index (χ0v) is 13.0. The molecule has 1 fully saturated rings. The maximum Gasteiger partial charge on any atom is 0.349 e. The van der Waals surface area contributed by atoms with Crippen molar-refractivity contribution < 1.29 is 9.21 Å². The number of aromatic nitrogens is 1. The molecule has 5 heteroatoms. The van der Waals surface area contributed by atoms with E-state index in [0.29, 0.717) is 12.1 Å². The number of hydrogen-bond donors (Lipinski definition) is 0. The zero-order valence-electron chi connectivity index (χ0n) is 13.0. The average Bonchev–Trinajstić information content (AvgIpc) is 3.11. The number of fused-ring (bicyclic) bond motifs is 1. The first-order chi connectivity index (χ1) is 11.7. The molecule has 1 aromatic carbocycles. The first-order valence-electron chi connectivity index (χ1n) is 7.98. The summed E-state index contributed by atoms with van der Waals surface area (Å²) in [6.45, 7) is 0.637. The zero-order chi connectivity index (χ0) is 16.5. The number of hydrogen-bond acceptors (Lipinski definition) is 4. The predicted octanol–water partition coefficient (Wildman–Crippen LogP) is 3.17. The molecular formula is C19H16N2O3. The molecule has 5 nitrogen and oxygen atoms in total. The molecule has 0 radical (unpaired) electrons. The van der Waals surface area contributed by atoms with Crippen molar-refractivity contribution in [2.24, 2.45) is 0 Å². The van der Waals surface area contributed by atoms with E-state index >= 15 is 0 Å². The number of rotatable bonds is 2. The lowest BCUT2D eigenvalue weighted by atomic mass is 10.1. The molecule has 0 N–H and O–H groups in total. The summed E-state index contributed by atoms with van der Waals surface area (Å²) in [7, 11) is 0. The highest BCUT2D eigenvalue weighted by Crippen LogP contribution is 2.32. The quantitative estimate of drug-likeness (QED) is 0.680. The van der Waals surface area contributed by atoms with Gasteiger partial charge in [0.15, 0.2) is 0 Å². The van der Waals surface area contributed by atoms with E-state index in [1.165, 1.54) is 0 Å². The molecule has 2 aromatic heterocycles. The van der Waals surface area contributed by atoms with E-state index in [-0.39, 0.29) is 17.5 Å². The van der Waals surface area contributed by atoms with Gasteiger partial charge in [-0.1, -0.05) is 18.2 Å². The normalized spacial score (nSPS) is 17.3. The summed E-state index contributed by atoms with van der Waals surface area (Å²) in [5.41, 5.74) is 1.04. The summed E-state index contributed by atoms with van der Waals surface area (Å²) in [5, 5.41) is 0.750. The Hall–Kier alpha value is -2.95. The van der Waals surface area contributed by atoms with Gasteiger partial charge in [0.25, 0.3) is 5.91 Å². The van der Waals surface area contributed by atoms with Crippen molar-refractivity contribution in [3.63, 3.8) is 0 Å². The topological polar surface area (TPSA) is 63.4 Å². The van der Waals surface area contributed by atoms with Crippen molar-refractivity contribution in [1.29, 1.82) is 0 Å². The Morgan fingerprint density at radius 2 is 1.96 bits per heavy atom. The standard InChI is InChI=1S/C19H16N2O3/c22-18(15-12-14-4-1-2-6-17(14)24-19(15)23)21-11-3-5-16(21)13-7-9-20-10-8-13/h1-2,4,6-10,12,16H,3,5,11H2/t16-/m1/s1. The van der Waals surface area contributed by atoms with Gasteiger partial charge in [0.2, 0.25) is 0 Å². The second-order valence-electron chi connectivity index (χ2n) is 5.92. The fraction of sp³-hybridized carbons (Fsp3) is 0.211. The summed E-state index contributed by atoms with van der Waals surface area (Å²) < 4.78 is 5.30. The van der Waals surface area contributed by atoms with Crippen LogP contribution in [0.1, 0.15) is 34.8 Å². The van der Waals surface area contributed by atoms with E-state index in [1.807, 2.05) is 24.3 Å². The number of nitrogens with zero attached hydrogens (tertiary/aromatic N) is 2. The Morgan fingerprint density at radius 3 is 2.79 bits per heavy atom. The molecule has 24 heavy (non-hydrogen) atoms. The van der Waals surface area contributed by atoms with Gasteiger partial charge in [0.1, 0.15) is 11.1 Å². The molecule has 0 saturated carbocycles. The van der Waals surface area contributed by atoms with Crippen molar-refractivity contribution in [2.45, 2.75) is 18.9 Å². The monoisotopic (exact) mass is 320 g/mol. The lowest BCUT2D eigenvalue weighted by molar-refractivity contribution is 0.0731. The van der Waals surface area contributed by atoms with Gasteiger partial charge in [0.05, 0.1) is 6.04 Å². The third kappa shape index (κ3) is 2.48. The molecule has 0 unspecified atom stereocenters. The third-order valence-electron chi connectivity index (χ3n) is 4.48. The van der Waals surface area contributed by atoms with Gasteiger partial charge >= 0.3 is 5.63 Å². The Kier molecular flexibility index (Phi) is 3.61. The highest BCUT2D eigenvalue weighted by Gasteiger charge is 2.32. The van der Waals surface area contributed by atoms with Crippen LogP contribution in [0.3, 0.4) is 0 Å². The van der Waals surface area contributed by atoms with Crippen molar-refractivity contribution in [3.8, 4) is 0 Å². The van der Waals surface area contributed by atoms with Crippen molar-refractivity contribution in [3.05, 3.63) is 76.4 Å². The summed E-state index contributed by atoms with van der Waals surface area (Å²) in [4.78, 5) is 31.0. The summed E-state index contributed by atoms with van der Waals surface area (Å²) in [6, 6.07) is 12.6. The Labute approximate surface area is 138 Å². The van der Waals surface area contributed by atoms with Crippen LogP contribution in [0.4, 0.5) is 0 Å². The molecule has 1 aliphatic rings. The van der Waals surface area contributed by atoms with Crippen LogP contribution >= 0.6 is 0 Å². The van der Waals surface area contributed by atoms with Crippen LogP contribution in [0.15, 0.2) is 64.1 Å². The van der Waals surface area contributed by atoms with E-state index in [0.717, 1.165) is 23.8 Å². The first kappa shape index (κ1) is 14.6. The molecule has 1 saturated heterocycles. The van der Waals surface area contributed by atoms with Crippen LogP contribution < -0.4 is 5.63 Å².